The maximum atomic E-state index is 12.1. The lowest BCUT2D eigenvalue weighted by Gasteiger charge is -2.07. The second kappa shape index (κ2) is 6.75. The normalized spacial score (nSPS) is 11.6. The molecule has 0 unspecified atom stereocenters. The first kappa shape index (κ1) is 17.5. The van der Waals surface area contributed by atoms with Gasteiger partial charge >= 0.3 is 0 Å². The lowest BCUT2D eigenvalue weighted by atomic mass is 10.2. The van der Waals surface area contributed by atoms with Crippen molar-refractivity contribution in [2.45, 2.75) is 4.90 Å². The van der Waals surface area contributed by atoms with E-state index in [9.17, 15) is 18.0 Å². The summed E-state index contributed by atoms with van der Waals surface area (Å²) in [5.41, 5.74) is -0.462. The molecule has 0 saturated carbocycles. The first-order chi connectivity index (χ1) is 11.2. The number of hydrogen-bond acceptors (Lipinski definition) is 7. The van der Waals surface area contributed by atoms with Crippen LogP contribution in [-0.4, -0.2) is 54.2 Å². The average Bonchev–Trinajstić information content (AvgIpc) is 2.52. The number of ketones is 1. The molecule has 0 aliphatic carbocycles. The Balaban J connectivity index is 2.49. The van der Waals surface area contributed by atoms with Crippen LogP contribution in [0.3, 0.4) is 0 Å². The third-order valence-electron chi connectivity index (χ3n) is 2.96. The molecule has 2 aromatic rings. The van der Waals surface area contributed by atoms with E-state index in [4.69, 9.17) is 0 Å². The Labute approximate surface area is 139 Å². The summed E-state index contributed by atoms with van der Waals surface area (Å²) in [5.74, 6) is -0.546. The van der Waals surface area contributed by atoms with E-state index in [2.05, 4.69) is 10.1 Å². The first-order valence-corrected chi connectivity index (χ1v) is 8.72. The largest absolute Gasteiger partial charge is 0.383 e. The maximum Gasteiger partial charge on any atom is 0.211 e. The zero-order valence-electron chi connectivity index (χ0n) is 13.4. The molecule has 0 bridgehead atoms. The maximum absolute atomic E-state index is 12.1. The fourth-order valence-electron chi connectivity index (χ4n) is 1.75. The zero-order valence-corrected chi connectivity index (χ0v) is 14.2. The lowest BCUT2D eigenvalue weighted by molar-refractivity contribution is 0.103. The molecule has 0 saturated heterocycles. The van der Waals surface area contributed by atoms with Crippen LogP contribution in [0, 0.1) is 0 Å². The topological polar surface area (TPSA) is 102 Å². The molecule has 0 amide bonds. The highest BCUT2D eigenvalue weighted by Crippen LogP contribution is 2.12. The predicted molar refractivity (Wildman–Crippen MR) is 87.9 cm³/mol. The van der Waals surface area contributed by atoms with Gasteiger partial charge in [0.1, 0.15) is 0 Å². The van der Waals surface area contributed by atoms with Gasteiger partial charge in [-0.1, -0.05) is 0 Å². The Bertz CT molecular complexity index is 961. The van der Waals surface area contributed by atoms with E-state index < -0.39 is 21.0 Å². The van der Waals surface area contributed by atoms with Crippen molar-refractivity contribution >= 4 is 15.6 Å². The first-order valence-electron chi connectivity index (χ1n) is 6.83. The fraction of sp³-hybridized carbons (Fsp3) is 0.200. The minimum Gasteiger partial charge on any atom is -0.383 e. The Morgan fingerprint density at radius 3 is 2.62 bits per heavy atom. The number of hydrogen-bond donors (Lipinski definition) is 0. The van der Waals surface area contributed by atoms with Gasteiger partial charge in [0.05, 0.1) is 16.8 Å². The molecule has 24 heavy (non-hydrogen) atoms. The van der Waals surface area contributed by atoms with Gasteiger partial charge in [0.15, 0.2) is 15.5 Å². The SMILES string of the molecule is CN(C)/C=C/C(=O)c1nn(-c2cncc(S(C)(=O)=O)c2)ccc1=O. The summed E-state index contributed by atoms with van der Waals surface area (Å²) in [5, 5.41) is 3.99. The standard InChI is InChI=1S/C15H16N4O4S/c1-18(2)6-4-13(20)15-14(21)5-7-19(17-15)11-8-12(10-16-9-11)24(3,22)23/h4-10H,1-3H3/b6-4+. The highest BCUT2D eigenvalue weighted by atomic mass is 32.2. The quantitative estimate of drug-likeness (QED) is 0.565. The van der Waals surface area contributed by atoms with Crippen LogP contribution in [0.4, 0.5) is 0 Å². The van der Waals surface area contributed by atoms with E-state index >= 15 is 0 Å². The number of rotatable bonds is 5. The van der Waals surface area contributed by atoms with E-state index in [0.717, 1.165) is 6.26 Å². The molecule has 0 atom stereocenters. The van der Waals surface area contributed by atoms with Crippen LogP contribution in [0.5, 0.6) is 0 Å². The molecule has 0 spiro atoms. The molecule has 9 heteroatoms. The Hall–Kier alpha value is -2.81. The van der Waals surface area contributed by atoms with E-state index in [-0.39, 0.29) is 10.6 Å². The minimum atomic E-state index is -3.44. The average molecular weight is 348 g/mol. The van der Waals surface area contributed by atoms with Gasteiger partial charge in [-0.25, -0.2) is 13.1 Å². The van der Waals surface area contributed by atoms with E-state index in [1.807, 2.05) is 0 Å². The molecule has 2 aromatic heterocycles. The van der Waals surface area contributed by atoms with Gasteiger partial charge in [0.25, 0.3) is 0 Å². The van der Waals surface area contributed by atoms with Gasteiger partial charge < -0.3 is 4.90 Å². The number of nitrogens with zero attached hydrogens (tertiary/aromatic N) is 4. The van der Waals surface area contributed by atoms with Gasteiger partial charge in [-0.2, -0.15) is 5.10 Å². The van der Waals surface area contributed by atoms with Crippen molar-refractivity contribution in [3.63, 3.8) is 0 Å². The van der Waals surface area contributed by atoms with Crippen LogP contribution < -0.4 is 5.43 Å². The number of aromatic nitrogens is 3. The van der Waals surface area contributed by atoms with Gasteiger partial charge in [0, 0.05) is 51.1 Å². The number of sulfone groups is 1. The van der Waals surface area contributed by atoms with Gasteiger partial charge in [-0.15, -0.1) is 0 Å². The molecular weight excluding hydrogens is 332 g/mol. The zero-order chi connectivity index (χ0) is 17.9. The van der Waals surface area contributed by atoms with E-state index in [1.54, 1.807) is 19.0 Å². The summed E-state index contributed by atoms with van der Waals surface area (Å²) >= 11 is 0. The molecular formula is C15H16N4O4S. The van der Waals surface area contributed by atoms with Crippen LogP contribution in [0.25, 0.3) is 5.69 Å². The molecule has 0 fully saturated rings. The van der Waals surface area contributed by atoms with E-state index in [1.165, 1.54) is 47.7 Å². The highest BCUT2D eigenvalue weighted by molar-refractivity contribution is 7.90. The highest BCUT2D eigenvalue weighted by Gasteiger charge is 2.13. The lowest BCUT2D eigenvalue weighted by Crippen LogP contribution is -2.20. The van der Waals surface area contributed by atoms with Crippen molar-refractivity contribution in [1.82, 2.24) is 19.7 Å². The van der Waals surface area contributed by atoms with Crippen molar-refractivity contribution in [3.05, 3.63) is 58.9 Å². The molecule has 8 nitrogen and oxygen atoms in total. The summed E-state index contributed by atoms with van der Waals surface area (Å²) in [6.07, 6.45) is 7.75. The van der Waals surface area contributed by atoms with Crippen molar-refractivity contribution in [1.29, 1.82) is 0 Å². The van der Waals surface area contributed by atoms with Crippen LogP contribution >= 0.6 is 0 Å². The van der Waals surface area contributed by atoms with Crippen molar-refractivity contribution < 1.29 is 13.2 Å². The minimum absolute atomic E-state index is 0.0147. The number of pyridine rings is 1. The Morgan fingerprint density at radius 1 is 1.29 bits per heavy atom. The number of carbonyl (C=O) groups is 1. The van der Waals surface area contributed by atoms with Crippen molar-refractivity contribution in [2.75, 3.05) is 20.4 Å². The summed E-state index contributed by atoms with van der Waals surface area (Å²) < 4.78 is 24.5. The molecule has 0 aromatic carbocycles. The summed E-state index contributed by atoms with van der Waals surface area (Å²) in [4.78, 5) is 29.5. The number of allylic oxidation sites excluding steroid dienone is 1. The summed E-state index contributed by atoms with van der Waals surface area (Å²) in [6, 6.07) is 2.56. The van der Waals surface area contributed by atoms with Gasteiger partial charge in [-0.05, 0) is 6.07 Å². The van der Waals surface area contributed by atoms with Crippen LogP contribution in [0.15, 0.2) is 52.7 Å². The second-order valence-electron chi connectivity index (χ2n) is 5.27. The summed E-state index contributed by atoms with van der Waals surface area (Å²) in [7, 11) is 0.0428. The smallest absolute Gasteiger partial charge is 0.211 e. The molecule has 2 rings (SSSR count). The molecule has 0 aliphatic heterocycles. The third kappa shape index (κ3) is 4.13. The summed E-state index contributed by atoms with van der Waals surface area (Å²) in [6.45, 7) is 0. The predicted octanol–water partition coefficient (Wildman–Crippen LogP) is 0.289. The molecule has 0 N–H and O–H groups in total. The van der Waals surface area contributed by atoms with Crippen LogP contribution in [0.2, 0.25) is 0 Å². The fourth-order valence-corrected chi connectivity index (χ4v) is 2.34. The van der Waals surface area contributed by atoms with Crippen LogP contribution in [0.1, 0.15) is 10.5 Å². The van der Waals surface area contributed by atoms with Gasteiger partial charge in [-0.3, -0.25) is 14.6 Å². The number of carbonyl (C=O) groups excluding carboxylic acids is 1. The van der Waals surface area contributed by atoms with Gasteiger partial charge in [0.2, 0.25) is 11.2 Å². The molecule has 0 aliphatic rings. The Morgan fingerprint density at radius 2 is 2.00 bits per heavy atom. The monoisotopic (exact) mass is 348 g/mol. The molecule has 0 radical (unpaired) electrons. The van der Waals surface area contributed by atoms with Crippen LogP contribution in [-0.2, 0) is 9.84 Å². The van der Waals surface area contributed by atoms with Crippen molar-refractivity contribution in [3.8, 4) is 5.69 Å². The van der Waals surface area contributed by atoms with Crippen molar-refractivity contribution in [2.24, 2.45) is 0 Å². The van der Waals surface area contributed by atoms with E-state index in [0.29, 0.717) is 5.69 Å². The molecule has 2 heterocycles. The third-order valence-corrected chi connectivity index (χ3v) is 4.04. The Kier molecular flexibility index (Phi) is 4.93. The molecule has 126 valence electrons. The second-order valence-corrected chi connectivity index (χ2v) is 7.28.